The minimum atomic E-state index is -0.504. The predicted molar refractivity (Wildman–Crippen MR) is 125 cm³/mol. The molecule has 0 saturated heterocycles. The maximum Gasteiger partial charge on any atom is 0.217 e. The van der Waals surface area contributed by atoms with Gasteiger partial charge in [-0.25, -0.2) is 5.01 Å². The van der Waals surface area contributed by atoms with Gasteiger partial charge in [-0.15, -0.1) is 0 Å². The van der Waals surface area contributed by atoms with Gasteiger partial charge >= 0.3 is 0 Å². The van der Waals surface area contributed by atoms with Crippen LogP contribution in [-0.2, 0) is 0 Å². The van der Waals surface area contributed by atoms with Crippen molar-refractivity contribution in [1.29, 1.82) is 0 Å². The van der Waals surface area contributed by atoms with E-state index >= 15 is 0 Å². The van der Waals surface area contributed by atoms with Gasteiger partial charge < -0.3 is 9.84 Å². The Morgan fingerprint density at radius 2 is 1.68 bits per heavy atom. The summed E-state index contributed by atoms with van der Waals surface area (Å²) in [6.07, 6.45) is 0.277. The molecule has 4 nitrogen and oxygen atoms in total. The number of hydrazone groups is 1. The Labute approximate surface area is 188 Å². The van der Waals surface area contributed by atoms with Gasteiger partial charge in [-0.1, -0.05) is 70.5 Å². The van der Waals surface area contributed by atoms with Gasteiger partial charge in [-0.3, -0.25) is 0 Å². The second-order valence-corrected chi connectivity index (χ2v) is 8.84. The standard InChI is InChI=1S/C26H19BrN2O2/c27-19-11-12-24(30)21(14-19)26-29-23(20-7-3-4-8-25(20)31-26)15-22(28-29)18-10-9-16-5-1-2-6-17(16)13-18/h1-14,23,26,30H,15H2/t23-,26-/m1/s1. The first-order chi connectivity index (χ1) is 15.2. The summed E-state index contributed by atoms with van der Waals surface area (Å²) in [5, 5.41) is 20.0. The molecule has 1 N–H and O–H groups in total. The molecule has 0 amide bonds. The van der Waals surface area contributed by atoms with Crippen LogP contribution >= 0.6 is 15.9 Å². The molecule has 4 aromatic rings. The summed E-state index contributed by atoms with van der Waals surface area (Å²) >= 11 is 3.52. The van der Waals surface area contributed by atoms with E-state index in [0.29, 0.717) is 5.56 Å². The molecule has 0 fully saturated rings. The average Bonchev–Trinajstić information content (AvgIpc) is 3.26. The van der Waals surface area contributed by atoms with Crippen molar-refractivity contribution in [2.75, 3.05) is 0 Å². The van der Waals surface area contributed by atoms with Crippen LogP contribution in [0, 0.1) is 0 Å². The highest BCUT2D eigenvalue weighted by atomic mass is 79.9. The second kappa shape index (κ2) is 7.13. The van der Waals surface area contributed by atoms with E-state index in [1.807, 2.05) is 35.3 Å². The Balaban J connectivity index is 1.47. The third-order valence-corrected chi connectivity index (χ3v) is 6.53. The van der Waals surface area contributed by atoms with Gasteiger partial charge in [0.2, 0.25) is 6.23 Å². The second-order valence-electron chi connectivity index (χ2n) is 7.92. The molecule has 5 heteroatoms. The summed E-state index contributed by atoms with van der Waals surface area (Å²) in [7, 11) is 0. The smallest absolute Gasteiger partial charge is 0.217 e. The molecule has 2 aliphatic heterocycles. The molecule has 31 heavy (non-hydrogen) atoms. The third kappa shape index (κ3) is 3.08. The van der Waals surface area contributed by atoms with Crippen LogP contribution in [-0.4, -0.2) is 15.8 Å². The number of benzene rings is 4. The normalized spacial score (nSPS) is 19.5. The number of phenols is 1. The highest BCUT2D eigenvalue weighted by molar-refractivity contribution is 9.10. The summed E-state index contributed by atoms with van der Waals surface area (Å²) < 4.78 is 7.25. The molecule has 2 atom stereocenters. The molecular formula is C26H19BrN2O2. The number of halogens is 1. The molecule has 0 spiro atoms. The Morgan fingerprint density at radius 1 is 0.871 bits per heavy atom. The first-order valence-corrected chi connectivity index (χ1v) is 11.1. The van der Waals surface area contributed by atoms with Crippen molar-refractivity contribution in [1.82, 2.24) is 5.01 Å². The predicted octanol–water partition coefficient (Wildman–Crippen LogP) is 6.55. The van der Waals surface area contributed by atoms with Gasteiger partial charge in [-0.2, -0.15) is 5.10 Å². The van der Waals surface area contributed by atoms with Gasteiger partial charge in [0.15, 0.2) is 0 Å². The first kappa shape index (κ1) is 18.5. The fraction of sp³-hybridized carbons (Fsp3) is 0.115. The fourth-order valence-corrected chi connectivity index (χ4v) is 4.88. The molecule has 0 radical (unpaired) electrons. The van der Waals surface area contributed by atoms with Crippen LogP contribution in [0.4, 0.5) is 0 Å². The third-order valence-electron chi connectivity index (χ3n) is 6.04. The lowest BCUT2D eigenvalue weighted by molar-refractivity contribution is -0.0203. The number of hydrogen-bond acceptors (Lipinski definition) is 4. The summed E-state index contributed by atoms with van der Waals surface area (Å²) in [6, 6.07) is 28.4. The number of hydrogen-bond donors (Lipinski definition) is 1. The van der Waals surface area contributed by atoms with Crippen molar-refractivity contribution in [2.45, 2.75) is 18.7 Å². The van der Waals surface area contributed by atoms with Crippen molar-refractivity contribution in [3.8, 4) is 11.5 Å². The van der Waals surface area contributed by atoms with E-state index in [4.69, 9.17) is 9.84 Å². The highest BCUT2D eigenvalue weighted by Gasteiger charge is 2.41. The lowest BCUT2D eigenvalue weighted by Gasteiger charge is -2.38. The number of ether oxygens (including phenoxy) is 1. The van der Waals surface area contributed by atoms with Crippen LogP contribution in [0.25, 0.3) is 10.8 Å². The molecule has 0 aromatic heterocycles. The minimum absolute atomic E-state index is 0.0507. The monoisotopic (exact) mass is 470 g/mol. The van der Waals surface area contributed by atoms with Gasteiger partial charge in [0.05, 0.1) is 17.3 Å². The first-order valence-electron chi connectivity index (χ1n) is 10.3. The zero-order valence-corrected chi connectivity index (χ0v) is 18.2. The fourth-order valence-electron chi connectivity index (χ4n) is 4.51. The van der Waals surface area contributed by atoms with Gasteiger partial charge in [0.1, 0.15) is 11.5 Å². The maximum atomic E-state index is 10.6. The number of aromatic hydroxyl groups is 1. The summed E-state index contributed by atoms with van der Waals surface area (Å²) in [5.74, 6) is 1.03. The number of phenolic OH excluding ortho intramolecular Hbond substituents is 1. The number of nitrogens with zero attached hydrogens (tertiary/aromatic N) is 2. The van der Waals surface area contributed by atoms with Crippen LogP contribution in [0.2, 0.25) is 0 Å². The molecule has 0 bridgehead atoms. The zero-order valence-electron chi connectivity index (χ0n) is 16.6. The summed E-state index contributed by atoms with van der Waals surface area (Å²) in [4.78, 5) is 0. The number of rotatable bonds is 2. The minimum Gasteiger partial charge on any atom is -0.507 e. The van der Waals surface area contributed by atoms with E-state index < -0.39 is 6.23 Å². The highest BCUT2D eigenvalue weighted by Crippen LogP contribution is 2.49. The van der Waals surface area contributed by atoms with Crippen molar-refractivity contribution >= 4 is 32.4 Å². The molecular weight excluding hydrogens is 452 g/mol. The topological polar surface area (TPSA) is 45.1 Å². The molecule has 2 heterocycles. The molecule has 0 saturated carbocycles. The Kier molecular flexibility index (Phi) is 4.25. The van der Waals surface area contributed by atoms with E-state index in [1.165, 1.54) is 10.8 Å². The molecule has 0 aliphatic carbocycles. The quantitative estimate of drug-likeness (QED) is 0.361. The molecule has 0 unspecified atom stereocenters. The summed E-state index contributed by atoms with van der Waals surface area (Å²) in [6.45, 7) is 0. The van der Waals surface area contributed by atoms with E-state index in [0.717, 1.165) is 33.5 Å². The molecule has 4 aromatic carbocycles. The van der Waals surface area contributed by atoms with E-state index in [2.05, 4.69) is 64.5 Å². The van der Waals surface area contributed by atoms with Crippen LogP contribution in [0.3, 0.4) is 0 Å². The van der Waals surface area contributed by atoms with E-state index in [-0.39, 0.29) is 11.8 Å². The Bertz CT molecular complexity index is 1350. The Hall–Kier alpha value is -3.31. The van der Waals surface area contributed by atoms with Crippen molar-refractivity contribution < 1.29 is 9.84 Å². The van der Waals surface area contributed by atoms with Crippen LogP contribution in [0.1, 0.15) is 35.4 Å². The lowest BCUT2D eigenvalue weighted by atomic mass is 9.95. The molecule has 2 aliphatic rings. The Morgan fingerprint density at radius 3 is 2.58 bits per heavy atom. The molecule has 6 rings (SSSR count). The van der Waals surface area contributed by atoms with Gasteiger partial charge in [0, 0.05) is 16.5 Å². The van der Waals surface area contributed by atoms with Crippen LogP contribution < -0.4 is 4.74 Å². The summed E-state index contributed by atoms with van der Waals surface area (Å²) in [5.41, 5.74) is 3.95. The van der Waals surface area contributed by atoms with Gasteiger partial charge in [-0.05, 0) is 46.7 Å². The number of para-hydroxylation sites is 1. The van der Waals surface area contributed by atoms with Crippen LogP contribution in [0.15, 0.2) is 94.5 Å². The largest absolute Gasteiger partial charge is 0.507 e. The average molecular weight is 471 g/mol. The van der Waals surface area contributed by atoms with Crippen LogP contribution in [0.5, 0.6) is 11.5 Å². The van der Waals surface area contributed by atoms with E-state index in [9.17, 15) is 5.11 Å². The van der Waals surface area contributed by atoms with Gasteiger partial charge in [0.25, 0.3) is 0 Å². The van der Waals surface area contributed by atoms with Crippen molar-refractivity contribution in [2.24, 2.45) is 5.10 Å². The lowest BCUT2D eigenvalue weighted by Crippen LogP contribution is -2.33. The SMILES string of the molecule is Oc1ccc(Br)cc1[C@H]1Oc2ccccc2[C@H]2CC(c3ccc4ccccc4c3)=NN21. The maximum absolute atomic E-state index is 10.6. The van der Waals surface area contributed by atoms with Crippen molar-refractivity contribution in [3.63, 3.8) is 0 Å². The number of fused-ring (bicyclic) bond motifs is 4. The van der Waals surface area contributed by atoms with Crippen molar-refractivity contribution in [3.05, 3.63) is 106 Å². The zero-order chi connectivity index (χ0) is 20.9. The van der Waals surface area contributed by atoms with E-state index in [1.54, 1.807) is 6.07 Å². The molecule has 152 valence electrons.